The van der Waals surface area contributed by atoms with Crippen LogP contribution in [0.3, 0.4) is 0 Å². The molecule has 1 aliphatic rings. The highest BCUT2D eigenvalue weighted by Gasteiger charge is 2.19. The van der Waals surface area contributed by atoms with E-state index in [2.05, 4.69) is 10.3 Å². The van der Waals surface area contributed by atoms with Crippen LogP contribution in [0, 0.1) is 0 Å². The van der Waals surface area contributed by atoms with Crippen molar-refractivity contribution in [2.75, 3.05) is 31.7 Å². The molecule has 0 saturated carbocycles. The Bertz CT molecular complexity index is 1170. The van der Waals surface area contributed by atoms with Crippen molar-refractivity contribution in [3.8, 4) is 0 Å². The minimum atomic E-state index is -0.462. The number of hydrogen-bond acceptors (Lipinski definition) is 8. The molecule has 3 rings (SSSR count). The molecule has 2 heterocycles. The van der Waals surface area contributed by atoms with Gasteiger partial charge < -0.3 is 24.3 Å². The standard InChI is InChI=1S/C27H39ClN4O6/c1-19(2)35-16-17-36-20(3)30-25-24(29-18-21-9-11-22(28)12-10-21)26(33)32(27(34)31(25)4)13-7-15-38-23-8-5-6-14-37-23/h9-12,19,23,29H,5-8,13-18H2,1-4H3. The van der Waals surface area contributed by atoms with Gasteiger partial charge in [0.2, 0.25) is 0 Å². The summed E-state index contributed by atoms with van der Waals surface area (Å²) in [6.45, 7) is 7.91. The number of anilines is 1. The van der Waals surface area contributed by atoms with Crippen LogP contribution in [-0.2, 0) is 39.1 Å². The van der Waals surface area contributed by atoms with Gasteiger partial charge in [-0.1, -0.05) is 23.7 Å². The third-order valence-electron chi connectivity index (χ3n) is 5.98. The summed E-state index contributed by atoms with van der Waals surface area (Å²) in [4.78, 5) is 31.2. The molecule has 1 aliphatic heterocycles. The van der Waals surface area contributed by atoms with Crippen molar-refractivity contribution in [2.45, 2.75) is 71.9 Å². The van der Waals surface area contributed by atoms with Crippen molar-refractivity contribution in [2.24, 2.45) is 12.0 Å². The van der Waals surface area contributed by atoms with E-state index < -0.39 is 11.2 Å². The average molecular weight is 551 g/mol. The Morgan fingerprint density at radius 1 is 1.18 bits per heavy atom. The second-order valence-corrected chi connectivity index (χ2v) is 9.83. The van der Waals surface area contributed by atoms with Gasteiger partial charge in [0.15, 0.2) is 18.0 Å². The molecule has 10 nitrogen and oxygen atoms in total. The zero-order valence-electron chi connectivity index (χ0n) is 22.7. The SMILES string of the molecule is CC(=Nc1c(NCc2ccc(Cl)cc2)c(=O)n(CCCOC2CCCCO2)c(=O)n1C)OCCOC(C)C. The molecular weight excluding hydrogens is 512 g/mol. The number of benzene rings is 1. The number of ether oxygens (including phenoxy) is 4. The van der Waals surface area contributed by atoms with E-state index in [1.807, 2.05) is 26.0 Å². The van der Waals surface area contributed by atoms with E-state index >= 15 is 0 Å². The summed E-state index contributed by atoms with van der Waals surface area (Å²) in [6.07, 6.45) is 3.34. The maximum absolute atomic E-state index is 13.5. The number of nitrogens with zero attached hydrogens (tertiary/aromatic N) is 3. The molecule has 0 radical (unpaired) electrons. The van der Waals surface area contributed by atoms with Crippen molar-refractivity contribution < 1.29 is 18.9 Å². The Balaban J connectivity index is 1.81. The molecule has 1 atom stereocenters. The Kier molecular flexibility index (Phi) is 11.8. The summed E-state index contributed by atoms with van der Waals surface area (Å²) in [5, 5.41) is 3.80. The fraction of sp³-hybridized carbons (Fsp3) is 0.593. The molecular formula is C27H39ClN4O6. The normalized spacial score (nSPS) is 16.2. The number of halogens is 1. The molecule has 1 aromatic heterocycles. The lowest BCUT2D eigenvalue weighted by molar-refractivity contribution is -0.163. The van der Waals surface area contributed by atoms with Gasteiger partial charge in [0.1, 0.15) is 12.3 Å². The van der Waals surface area contributed by atoms with Gasteiger partial charge in [0.25, 0.3) is 5.56 Å². The Morgan fingerprint density at radius 2 is 1.95 bits per heavy atom. The third kappa shape index (κ3) is 8.97. The van der Waals surface area contributed by atoms with Gasteiger partial charge in [-0.15, -0.1) is 0 Å². The molecule has 1 aromatic carbocycles. The molecule has 1 N–H and O–H groups in total. The number of nitrogens with one attached hydrogen (secondary N) is 1. The molecule has 0 bridgehead atoms. The summed E-state index contributed by atoms with van der Waals surface area (Å²) in [6, 6.07) is 7.30. The smallest absolute Gasteiger partial charge is 0.332 e. The van der Waals surface area contributed by atoms with Crippen LogP contribution in [0.15, 0.2) is 38.8 Å². The summed E-state index contributed by atoms with van der Waals surface area (Å²) in [5.74, 6) is 0.513. The molecule has 0 spiro atoms. The van der Waals surface area contributed by atoms with Crippen LogP contribution in [0.4, 0.5) is 11.5 Å². The van der Waals surface area contributed by atoms with Crippen LogP contribution >= 0.6 is 11.6 Å². The van der Waals surface area contributed by atoms with Gasteiger partial charge in [-0.25, -0.2) is 4.79 Å². The highest BCUT2D eigenvalue weighted by Crippen LogP contribution is 2.21. The van der Waals surface area contributed by atoms with Gasteiger partial charge in [0, 0.05) is 38.7 Å². The third-order valence-corrected chi connectivity index (χ3v) is 6.23. The van der Waals surface area contributed by atoms with E-state index in [4.69, 9.17) is 30.5 Å². The topological polar surface area (TPSA) is 105 Å². The van der Waals surface area contributed by atoms with E-state index in [-0.39, 0.29) is 30.4 Å². The van der Waals surface area contributed by atoms with Crippen LogP contribution in [0.1, 0.15) is 52.0 Å². The molecule has 0 amide bonds. The van der Waals surface area contributed by atoms with Crippen molar-refractivity contribution in [1.82, 2.24) is 9.13 Å². The number of aliphatic imine (C=N–C) groups is 1. The first-order chi connectivity index (χ1) is 18.3. The summed E-state index contributed by atoms with van der Waals surface area (Å²) in [7, 11) is 1.59. The zero-order chi connectivity index (χ0) is 27.5. The Hall–Kier alpha value is -2.66. The van der Waals surface area contributed by atoms with E-state index in [1.54, 1.807) is 26.1 Å². The van der Waals surface area contributed by atoms with E-state index in [0.717, 1.165) is 24.8 Å². The number of aromatic nitrogens is 2. The number of rotatable bonds is 13. The molecule has 2 aromatic rings. The second kappa shape index (κ2) is 15.1. The minimum absolute atomic E-state index is 0.0912. The van der Waals surface area contributed by atoms with Gasteiger partial charge >= 0.3 is 5.69 Å². The Labute approximate surface area is 228 Å². The second-order valence-electron chi connectivity index (χ2n) is 9.40. The first-order valence-electron chi connectivity index (χ1n) is 13.1. The van der Waals surface area contributed by atoms with Crippen molar-refractivity contribution in [3.05, 3.63) is 55.7 Å². The maximum Gasteiger partial charge on any atom is 0.332 e. The summed E-state index contributed by atoms with van der Waals surface area (Å²) < 4.78 is 25.1. The first-order valence-corrected chi connectivity index (χ1v) is 13.5. The van der Waals surface area contributed by atoms with Gasteiger partial charge in [0.05, 0.1) is 19.3 Å². The maximum atomic E-state index is 13.5. The van der Waals surface area contributed by atoms with Crippen LogP contribution in [0.25, 0.3) is 0 Å². The molecule has 1 unspecified atom stereocenters. The lowest BCUT2D eigenvalue weighted by Gasteiger charge is -2.22. The fourth-order valence-electron chi connectivity index (χ4n) is 3.97. The zero-order valence-corrected chi connectivity index (χ0v) is 23.5. The van der Waals surface area contributed by atoms with E-state index in [0.29, 0.717) is 50.3 Å². The molecule has 38 heavy (non-hydrogen) atoms. The largest absolute Gasteiger partial charge is 0.478 e. The minimum Gasteiger partial charge on any atom is -0.478 e. The Morgan fingerprint density at radius 3 is 2.63 bits per heavy atom. The summed E-state index contributed by atoms with van der Waals surface area (Å²) in [5.41, 5.74) is 0.213. The molecule has 210 valence electrons. The average Bonchev–Trinajstić information content (AvgIpc) is 2.90. The predicted molar refractivity (Wildman–Crippen MR) is 149 cm³/mol. The van der Waals surface area contributed by atoms with Crippen LogP contribution < -0.4 is 16.6 Å². The number of hydrogen-bond donors (Lipinski definition) is 1. The van der Waals surface area contributed by atoms with Crippen molar-refractivity contribution >= 4 is 29.0 Å². The van der Waals surface area contributed by atoms with Crippen molar-refractivity contribution in [3.63, 3.8) is 0 Å². The highest BCUT2D eigenvalue weighted by molar-refractivity contribution is 6.30. The monoisotopic (exact) mass is 550 g/mol. The van der Waals surface area contributed by atoms with Crippen LogP contribution in [0.2, 0.25) is 5.02 Å². The summed E-state index contributed by atoms with van der Waals surface area (Å²) >= 11 is 6.00. The molecule has 11 heteroatoms. The predicted octanol–water partition coefficient (Wildman–Crippen LogP) is 4.24. The quantitative estimate of drug-likeness (QED) is 0.226. The fourth-order valence-corrected chi connectivity index (χ4v) is 4.09. The van der Waals surface area contributed by atoms with Gasteiger partial charge in [-0.2, -0.15) is 4.99 Å². The first kappa shape index (κ1) is 29.9. The van der Waals surface area contributed by atoms with Gasteiger partial charge in [-0.05, 0) is 57.2 Å². The van der Waals surface area contributed by atoms with Crippen LogP contribution in [0.5, 0.6) is 0 Å². The molecule has 0 aliphatic carbocycles. The lowest BCUT2D eigenvalue weighted by Crippen LogP contribution is -2.40. The van der Waals surface area contributed by atoms with Crippen molar-refractivity contribution in [1.29, 1.82) is 0 Å². The van der Waals surface area contributed by atoms with E-state index in [1.165, 1.54) is 9.13 Å². The molecule has 1 saturated heterocycles. The lowest BCUT2D eigenvalue weighted by atomic mass is 10.2. The van der Waals surface area contributed by atoms with Gasteiger partial charge in [-0.3, -0.25) is 13.9 Å². The van der Waals surface area contributed by atoms with E-state index in [9.17, 15) is 9.59 Å². The van der Waals surface area contributed by atoms with Crippen LogP contribution in [-0.4, -0.2) is 53.9 Å². The molecule has 1 fully saturated rings. The highest BCUT2D eigenvalue weighted by atomic mass is 35.5.